The summed E-state index contributed by atoms with van der Waals surface area (Å²) in [4.78, 5) is 0. The van der Waals surface area contributed by atoms with Gasteiger partial charge in [-0.2, -0.15) is 0 Å². The summed E-state index contributed by atoms with van der Waals surface area (Å²) in [5.41, 5.74) is 2.66. The Hall–Kier alpha value is 0.220. The van der Waals surface area contributed by atoms with Gasteiger partial charge in [0.25, 0.3) is 0 Å². The normalized spacial score (nSPS) is 8.22. The van der Waals surface area contributed by atoms with Crippen LogP contribution in [-0.4, -0.2) is 29.6 Å². The Morgan fingerprint density at radius 1 is 0.778 bits per heavy atom. The van der Waals surface area contributed by atoms with Crippen molar-refractivity contribution < 1.29 is 0 Å². The molecule has 1 aromatic carbocycles. The van der Waals surface area contributed by atoms with Gasteiger partial charge in [-0.1, -0.05) is 35.4 Å². The van der Waals surface area contributed by atoms with E-state index >= 15 is 0 Å². The van der Waals surface area contributed by atoms with Crippen molar-refractivity contribution in [2.24, 2.45) is 0 Å². The van der Waals surface area contributed by atoms with E-state index in [1.54, 1.807) is 0 Å². The van der Waals surface area contributed by atoms with E-state index in [9.17, 15) is 0 Å². The fourth-order valence-corrected chi connectivity index (χ4v) is 0.637. The molecule has 0 aliphatic carbocycles. The molecule has 0 bridgehead atoms. The summed E-state index contributed by atoms with van der Waals surface area (Å²) in [7, 11) is 0. The molecule has 0 aliphatic rings. The Labute approximate surface area is 78.6 Å². The summed E-state index contributed by atoms with van der Waals surface area (Å²) in [6.45, 7) is 4.19. The van der Waals surface area contributed by atoms with Crippen molar-refractivity contribution in [2.75, 3.05) is 0 Å². The molecule has 43 valence electrons. The van der Waals surface area contributed by atoms with Gasteiger partial charge in [0.15, 0.2) is 0 Å². The molecule has 9 heavy (non-hydrogen) atoms. The van der Waals surface area contributed by atoms with Crippen molar-refractivity contribution in [2.45, 2.75) is 13.8 Å². The molecule has 0 amide bonds. The van der Waals surface area contributed by atoms with Gasteiger partial charge in [0.05, 0.1) is 0 Å². The van der Waals surface area contributed by atoms with Gasteiger partial charge in [-0.3, -0.25) is 0 Å². The first-order chi connectivity index (χ1) is 3.79. The SMILES string of the molecule is Cc1ccc(C)cc1.[Na]. The van der Waals surface area contributed by atoms with E-state index in [2.05, 4.69) is 38.1 Å². The van der Waals surface area contributed by atoms with Crippen LogP contribution in [0.2, 0.25) is 0 Å². The summed E-state index contributed by atoms with van der Waals surface area (Å²) in [6, 6.07) is 8.48. The van der Waals surface area contributed by atoms with E-state index < -0.39 is 0 Å². The van der Waals surface area contributed by atoms with Gasteiger partial charge in [0, 0.05) is 29.6 Å². The molecule has 0 atom stereocenters. The predicted molar refractivity (Wildman–Crippen MR) is 41.7 cm³/mol. The molecule has 0 aromatic heterocycles. The van der Waals surface area contributed by atoms with Crippen LogP contribution < -0.4 is 0 Å². The van der Waals surface area contributed by atoms with Crippen molar-refractivity contribution >= 4 is 29.6 Å². The molecule has 0 spiro atoms. The number of aryl methyl sites for hydroxylation is 2. The third kappa shape index (κ3) is 3.04. The van der Waals surface area contributed by atoms with Crippen molar-refractivity contribution in [1.82, 2.24) is 0 Å². The van der Waals surface area contributed by atoms with Crippen LogP contribution in [0.5, 0.6) is 0 Å². The van der Waals surface area contributed by atoms with Gasteiger partial charge in [0.2, 0.25) is 0 Å². The molecule has 0 heterocycles. The van der Waals surface area contributed by atoms with E-state index in [1.165, 1.54) is 11.1 Å². The van der Waals surface area contributed by atoms with Gasteiger partial charge in [-0.05, 0) is 13.8 Å². The third-order valence-electron chi connectivity index (χ3n) is 1.22. The van der Waals surface area contributed by atoms with Crippen LogP contribution in [0, 0.1) is 13.8 Å². The standard InChI is InChI=1S/C8H10.Na/c1-7-3-5-8(2)6-4-7;/h3-6H,1-2H3;. The first kappa shape index (κ1) is 9.22. The average Bonchev–Trinajstić information content (AvgIpc) is 1.77. The first-order valence-corrected chi connectivity index (χ1v) is 2.82. The maximum absolute atomic E-state index is 2.12. The number of hydrogen-bond donors (Lipinski definition) is 0. The van der Waals surface area contributed by atoms with E-state index in [0.29, 0.717) is 0 Å². The molecule has 1 heteroatoms. The Balaban J connectivity index is 0.000000640. The summed E-state index contributed by atoms with van der Waals surface area (Å²) < 4.78 is 0. The maximum atomic E-state index is 2.12. The average molecular weight is 129 g/mol. The first-order valence-electron chi connectivity index (χ1n) is 2.82. The Kier molecular flexibility index (Phi) is 4.20. The van der Waals surface area contributed by atoms with E-state index in [4.69, 9.17) is 0 Å². The van der Waals surface area contributed by atoms with Crippen molar-refractivity contribution in [3.8, 4) is 0 Å². The molecule has 1 rings (SSSR count). The van der Waals surface area contributed by atoms with E-state index in [0.717, 1.165) is 0 Å². The molecule has 1 aromatic rings. The second-order valence-corrected chi connectivity index (χ2v) is 2.15. The van der Waals surface area contributed by atoms with Crippen LogP contribution in [0.3, 0.4) is 0 Å². The van der Waals surface area contributed by atoms with Crippen molar-refractivity contribution in [1.29, 1.82) is 0 Å². The molecule has 0 N–H and O–H groups in total. The third-order valence-corrected chi connectivity index (χ3v) is 1.22. The summed E-state index contributed by atoms with van der Waals surface area (Å²) in [5, 5.41) is 0. The van der Waals surface area contributed by atoms with Gasteiger partial charge in [0.1, 0.15) is 0 Å². The number of rotatable bonds is 0. The fraction of sp³-hybridized carbons (Fsp3) is 0.250. The summed E-state index contributed by atoms with van der Waals surface area (Å²) in [6.07, 6.45) is 0. The fourth-order valence-electron chi connectivity index (χ4n) is 0.637. The molecule has 0 nitrogen and oxygen atoms in total. The zero-order valence-electron chi connectivity index (χ0n) is 6.31. The molecule has 1 radical (unpaired) electrons. The van der Waals surface area contributed by atoms with Gasteiger partial charge in [-0.25, -0.2) is 0 Å². The van der Waals surface area contributed by atoms with Gasteiger partial charge >= 0.3 is 0 Å². The Morgan fingerprint density at radius 3 is 1.22 bits per heavy atom. The largest absolute Gasteiger partial charge is 0.0591 e. The quantitative estimate of drug-likeness (QED) is 0.469. The van der Waals surface area contributed by atoms with E-state index in [1.807, 2.05) is 0 Å². The molecule has 0 saturated carbocycles. The minimum atomic E-state index is 0. The molecule has 0 aliphatic heterocycles. The Morgan fingerprint density at radius 2 is 1.00 bits per heavy atom. The van der Waals surface area contributed by atoms with Crippen LogP contribution in [0.25, 0.3) is 0 Å². The monoisotopic (exact) mass is 129 g/mol. The Bertz CT molecular complexity index is 143. The molecular weight excluding hydrogens is 119 g/mol. The van der Waals surface area contributed by atoms with Crippen LogP contribution >= 0.6 is 0 Å². The smallest absolute Gasteiger partial charge is 0 e. The predicted octanol–water partition coefficient (Wildman–Crippen LogP) is 1.92. The second-order valence-electron chi connectivity index (χ2n) is 2.15. The zero-order valence-corrected chi connectivity index (χ0v) is 8.31. The second kappa shape index (κ2) is 4.10. The summed E-state index contributed by atoms with van der Waals surface area (Å²) >= 11 is 0. The molecule has 0 fully saturated rings. The van der Waals surface area contributed by atoms with Crippen LogP contribution in [-0.2, 0) is 0 Å². The molecular formula is C8H10Na. The molecule has 0 unspecified atom stereocenters. The maximum Gasteiger partial charge on any atom is 0 e. The van der Waals surface area contributed by atoms with Crippen LogP contribution in [0.1, 0.15) is 11.1 Å². The van der Waals surface area contributed by atoms with Crippen LogP contribution in [0.15, 0.2) is 24.3 Å². The van der Waals surface area contributed by atoms with Crippen LogP contribution in [0.4, 0.5) is 0 Å². The van der Waals surface area contributed by atoms with Gasteiger partial charge in [-0.15, -0.1) is 0 Å². The summed E-state index contributed by atoms with van der Waals surface area (Å²) in [5.74, 6) is 0. The minimum absolute atomic E-state index is 0. The van der Waals surface area contributed by atoms with Gasteiger partial charge < -0.3 is 0 Å². The van der Waals surface area contributed by atoms with Crippen molar-refractivity contribution in [3.63, 3.8) is 0 Å². The zero-order chi connectivity index (χ0) is 5.98. The van der Waals surface area contributed by atoms with Crippen molar-refractivity contribution in [3.05, 3.63) is 35.4 Å². The topological polar surface area (TPSA) is 0 Å². The number of benzene rings is 1. The molecule has 0 saturated heterocycles. The number of hydrogen-bond acceptors (Lipinski definition) is 0. The minimum Gasteiger partial charge on any atom is -0.0591 e. The van der Waals surface area contributed by atoms with E-state index in [-0.39, 0.29) is 29.6 Å².